The molecule has 4 heteroatoms. The van der Waals surface area contributed by atoms with E-state index in [1.807, 2.05) is 6.20 Å². The van der Waals surface area contributed by atoms with Gasteiger partial charge in [-0.25, -0.2) is 4.98 Å². The van der Waals surface area contributed by atoms with Gasteiger partial charge in [0.1, 0.15) is 5.82 Å². The van der Waals surface area contributed by atoms with Gasteiger partial charge in [-0.3, -0.25) is 0 Å². The first-order valence-electron chi connectivity index (χ1n) is 5.76. The van der Waals surface area contributed by atoms with E-state index in [1.165, 1.54) is 25.7 Å². The van der Waals surface area contributed by atoms with Crippen molar-refractivity contribution in [1.29, 1.82) is 0 Å². The Morgan fingerprint density at radius 3 is 2.56 bits per heavy atom. The van der Waals surface area contributed by atoms with E-state index >= 15 is 0 Å². The molecule has 1 aliphatic rings. The van der Waals surface area contributed by atoms with Crippen LogP contribution in [0.4, 0.5) is 5.82 Å². The highest BCUT2D eigenvalue weighted by Crippen LogP contribution is 2.25. The van der Waals surface area contributed by atoms with Crippen LogP contribution in [0.1, 0.15) is 31.2 Å². The first kappa shape index (κ1) is 12.2. The van der Waals surface area contributed by atoms with Crippen molar-refractivity contribution in [2.24, 2.45) is 0 Å². The summed E-state index contributed by atoms with van der Waals surface area (Å²) in [4.78, 5) is 6.88. The molecule has 88 valence electrons. The third-order valence-electron chi connectivity index (χ3n) is 2.96. The minimum atomic E-state index is 0.526. The number of aromatic nitrogens is 1. The van der Waals surface area contributed by atoms with Crippen molar-refractivity contribution >= 4 is 33.3 Å². The van der Waals surface area contributed by atoms with Crippen molar-refractivity contribution in [3.63, 3.8) is 0 Å². The van der Waals surface area contributed by atoms with Gasteiger partial charge in [0.15, 0.2) is 0 Å². The summed E-state index contributed by atoms with van der Waals surface area (Å²) in [6.45, 7) is 2.22. The molecule has 0 atom stereocenters. The number of nitrogens with zero attached hydrogens (tertiary/aromatic N) is 2. The Bertz CT molecular complexity index is 349. The smallest absolute Gasteiger partial charge is 0.133 e. The standard InChI is InChI=1S/C12H16BrClN2/c13-11-7-10(8-14)12(15-9-11)16-5-3-1-2-4-6-16/h7,9H,1-6,8H2. The zero-order valence-electron chi connectivity index (χ0n) is 9.25. The van der Waals surface area contributed by atoms with Crippen LogP contribution in [0.3, 0.4) is 0 Å². The monoisotopic (exact) mass is 302 g/mol. The normalized spacial score (nSPS) is 17.2. The zero-order chi connectivity index (χ0) is 11.4. The van der Waals surface area contributed by atoms with Gasteiger partial charge in [0.25, 0.3) is 0 Å². The lowest BCUT2D eigenvalue weighted by molar-refractivity contribution is 0.726. The van der Waals surface area contributed by atoms with Crippen molar-refractivity contribution in [3.8, 4) is 0 Å². The van der Waals surface area contributed by atoms with Gasteiger partial charge in [-0.2, -0.15) is 0 Å². The number of rotatable bonds is 2. The summed E-state index contributed by atoms with van der Waals surface area (Å²) in [6.07, 6.45) is 7.06. The lowest BCUT2D eigenvalue weighted by Gasteiger charge is -2.23. The van der Waals surface area contributed by atoms with Gasteiger partial charge in [-0.15, -0.1) is 11.6 Å². The zero-order valence-corrected chi connectivity index (χ0v) is 11.6. The summed E-state index contributed by atoms with van der Waals surface area (Å²) in [5.41, 5.74) is 1.12. The molecule has 0 unspecified atom stereocenters. The van der Waals surface area contributed by atoms with Crippen LogP contribution in [0.15, 0.2) is 16.7 Å². The third-order valence-corrected chi connectivity index (χ3v) is 3.68. The second kappa shape index (κ2) is 5.87. The first-order valence-corrected chi connectivity index (χ1v) is 7.09. The minimum absolute atomic E-state index is 0.526. The number of alkyl halides is 1. The van der Waals surface area contributed by atoms with E-state index in [0.717, 1.165) is 28.9 Å². The maximum atomic E-state index is 5.98. The Morgan fingerprint density at radius 1 is 1.25 bits per heavy atom. The molecule has 16 heavy (non-hydrogen) atoms. The van der Waals surface area contributed by atoms with E-state index in [9.17, 15) is 0 Å². The molecule has 0 aromatic carbocycles. The maximum absolute atomic E-state index is 5.98. The molecule has 0 radical (unpaired) electrons. The lowest BCUT2D eigenvalue weighted by atomic mass is 10.2. The molecular formula is C12H16BrClN2. The average molecular weight is 304 g/mol. The number of hydrogen-bond donors (Lipinski definition) is 0. The van der Waals surface area contributed by atoms with Gasteiger partial charge in [0.05, 0.1) is 5.88 Å². The lowest BCUT2D eigenvalue weighted by Crippen LogP contribution is -2.26. The summed E-state index contributed by atoms with van der Waals surface area (Å²) < 4.78 is 1.00. The second-order valence-corrected chi connectivity index (χ2v) is 5.35. The highest BCUT2D eigenvalue weighted by molar-refractivity contribution is 9.10. The van der Waals surface area contributed by atoms with Crippen LogP contribution in [0.25, 0.3) is 0 Å². The van der Waals surface area contributed by atoms with E-state index in [-0.39, 0.29) is 0 Å². The predicted molar refractivity (Wildman–Crippen MR) is 72.2 cm³/mol. The Balaban J connectivity index is 2.23. The van der Waals surface area contributed by atoms with E-state index in [1.54, 1.807) is 0 Å². The summed E-state index contributed by atoms with van der Waals surface area (Å²) >= 11 is 9.41. The van der Waals surface area contributed by atoms with Gasteiger partial charge >= 0.3 is 0 Å². The quantitative estimate of drug-likeness (QED) is 0.769. The molecule has 2 rings (SSSR count). The number of hydrogen-bond acceptors (Lipinski definition) is 2. The van der Waals surface area contributed by atoms with Gasteiger partial charge < -0.3 is 4.90 Å². The fraction of sp³-hybridized carbons (Fsp3) is 0.583. The Morgan fingerprint density at radius 2 is 1.94 bits per heavy atom. The Kier molecular flexibility index (Phi) is 4.47. The van der Waals surface area contributed by atoms with Crippen LogP contribution < -0.4 is 4.90 Å². The van der Waals surface area contributed by atoms with Crippen LogP contribution in [-0.2, 0) is 5.88 Å². The number of anilines is 1. The molecule has 0 N–H and O–H groups in total. The first-order chi connectivity index (χ1) is 7.81. The number of pyridine rings is 1. The van der Waals surface area contributed by atoms with Crippen molar-refractivity contribution in [1.82, 2.24) is 4.98 Å². The minimum Gasteiger partial charge on any atom is -0.356 e. The van der Waals surface area contributed by atoms with Gasteiger partial charge in [0.2, 0.25) is 0 Å². The topological polar surface area (TPSA) is 16.1 Å². The average Bonchev–Trinajstić information content (AvgIpc) is 2.57. The third kappa shape index (κ3) is 2.89. The number of halogens is 2. The van der Waals surface area contributed by atoms with Gasteiger partial charge in [-0.1, -0.05) is 12.8 Å². The van der Waals surface area contributed by atoms with Crippen LogP contribution in [0, 0.1) is 0 Å². The molecular weight excluding hydrogens is 288 g/mol. The fourth-order valence-electron chi connectivity index (χ4n) is 2.14. The van der Waals surface area contributed by atoms with Crippen molar-refractivity contribution < 1.29 is 0 Å². The van der Waals surface area contributed by atoms with E-state index in [4.69, 9.17) is 11.6 Å². The largest absolute Gasteiger partial charge is 0.356 e. The molecule has 1 aliphatic heterocycles. The molecule has 0 amide bonds. The van der Waals surface area contributed by atoms with Crippen LogP contribution in [0.2, 0.25) is 0 Å². The Hall–Kier alpha value is -0.280. The molecule has 1 fully saturated rings. The summed E-state index contributed by atoms with van der Waals surface area (Å²) in [6, 6.07) is 2.07. The van der Waals surface area contributed by atoms with Crippen LogP contribution in [-0.4, -0.2) is 18.1 Å². The van der Waals surface area contributed by atoms with Crippen molar-refractivity contribution in [2.75, 3.05) is 18.0 Å². The highest BCUT2D eigenvalue weighted by atomic mass is 79.9. The van der Waals surface area contributed by atoms with Crippen molar-refractivity contribution in [3.05, 3.63) is 22.3 Å². The van der Waals surface area contributed by atoms with E-state index in [2.05, 4.69) is 31.9 Å². The van der Waals surface area contributed by atoms with E-state index in [0.29, 0.717) is 5.88 Å². The molecule has 0 spiro atoms. The summed E-state index contributed by atoms with van der Waals surface area (Å²) in [5, 5.41) is 0. The van der Waals surface area contributed by atoms with Gasteiger partial charge in [-0.05, 0) is 34.8 Å². The molecule has 1 saturated heterocycles. The SMILES string of the molecule is ClCc1cc(Br)cnc1N1CCCCCC1. The Labute approximate surface area is 110 Å². The fourth-order valence-corrected chi connectivity index (χ4v) is 2.71. The van der Waals surface area contributed by atoms with E-state index < -0.39 is 0 Å². The summed E-state index contributed by atoms with van der Waals surface area (Å²) in [5.74, 6) is 1.60. The van der Waals surface area contributed by atoms with Crippen LogP contribution in [0.5, 0.6) is 0 Å². The maximum Gasteiger partial charge on any atom is 0.133 e. The van der Waals surface area contributed by atoms with Crippen LogP contribution >= 0.6 is 27.5 Å². The molecule has 2 nitrogen and oxygen atoms in total. The van der Waals surface area contributed by atoms with Crippen molar-refractivity contribution in [2.45, 2.75) is 31.6 Å². The highest BCUT2D eigenvalue weighted by Gasteiger charge is 2.14. The molecule has 0 saturated carbocycles. The van der Waals surface area contributed by atoms with Gasteiger partial charge in [0, 0.05) is 29.3 Å². The molecule has 2 heterocycles. The molecule has 0 aliphatic carbocycles. The second-order valence-electron chi connectivity index (χ2n) is 4.17. The predicted octanol–water partition coefficient (Wildman–Crippen LogP) is 3.96. The summed E-state index contributed by atoms with van der Waals surface area (Å²) in [7, 11) is 0. The molecule has 1 aromatic rings. The molecule has 0 bridgehead atoms. The molecule has 1 aromatic heterocycles.